The van der Waals surface area contributed by atoms with Crippen molar-refractivity contribution in [3.63, 3.8) is 0 Å². The maximum absolute atomic E-state index is 8.43. The van der Waals surface area contributed by atoms with E-state index in [2.05, 4.69) is 6.92 Å². The van der Waals surface area contributed by atoms with Crippen molar-refractivity contribution < 1.29 is 4.74 Å². The summed E-state index contributed by atoms with van der Waals surface area (Å²) in [6.07, 6.45) is 17.8. The highest BCUT2D eigenvalue weighted by molar-refractivity contribution is 7.80. The summed E-state index contributed by atoms with van der Waals surface area (Å²) < 4.78 is 5.29. The number of nitriles is 1. The summed E-state index contributed by atoms with van der Waals surface area (Å²) in [5.74, 6) is 0. The van der Waals surface area contributed by atoms with Gasteiger partial charge in [0, 0.05) is 0 Å². The van der Waals surface area contributed by atoms with Crippen molar-refractivity contribution in [3.05, 3.63) is 0 Å². The SMILES string of the molecule is CCCCCCCCCCCCCCCOC(=S)CC#N. The molecule has 0 rings (SSSR count). The number of rotatable bonds is 15. The fourth-order valence-corrected chi connectivity index (χ4v) is 2.57. The molecule has 3 heteroatoms. The third-order valence-electron chi connectivity index (χ3n) is 3.73. The zero-order chi connectivity index (χ0) is 15.6. The lowest BCUT2D eigenvalue weighted by atomic mass is 10.0. The Morgan fingerprint density at radius 1 is 0.810 bits per heavy atom. The first-order valence-corrected chi connectivity index (χ1v) is 9.24. The van der Waals surface area contributed by atoms with Gasteiger partial charge in [0.25, 0.3) is 0 Å². The van der Waals surface area contributed by atoms with Gasteiger partial charge in [-0.15, -0.1) is 0 Å². The molecule has 0 radical (unpaired) electrons. The van der Waals surface area contributed by atoms with Gasteiger partial charge in [0.05, 0.1) is 12.7 Å². The van der Waals surface area contributed by atoms with Crippen LogP contribution < -0.4 is 0 Å². The molecule has 0 aromatic heterocycles. The van der Waals surface area contributed by atoms with Crippen molar-refractivity contribution in [3.8, 4) is 6.07 Å². The number of thiocarbonyl (C=S) groups is 1. The van der Waals surface area contributed by atoms with Gasteiger partial charge in [-0.2, -0.15) is 5.26 Å². The van der Waals surface area contributed by atoms with E-state index in [1.807, 2.05) is 6.07 Å². The van der Waals surface area contributed by atoms with Gasteiger partial charge in [0.2, 0.25) is 0 Å². The van der Waals surface area contributed by atoms with Gasteiger partial charge in [0.15, 0.2) is 5.05 Å². The van der Waals surface area contributed by atoms with Crippen molar-refractivity contribution in [2.24, 2.45) is 0 Å². The topological polar surface area (TPSA) is 33.0 Å². The lowest BCUT2D eigenvalue weighted by molar-refractivity contribution is 0.295. The molecule has 0 aliphatic carbocycles. The lowest BCUT2D eigenvalue weighted by Gasteiger charge is -2.05. The quantitative estimate of drug-likeness (QED) is 0.261. The number of hydrogen-bond acceptors (Lipinski definition) is 3. The normalized spacial score (nSPS) is 10.3. The van der Waals surface area contributed by atoms with E-state index in [1.165, 1.54) is 77.0 Å². The number of hydrogen-bond donors (Lipinski definition) is 0. The Hall–Kier alpha value is -0.620. The molecular formula is C18H33NOS. The van der Waals surface area contributed by atoms with E-state index in [1.54, 1.807) is 0 Å². The fourth-order valence-electron chi connectivity index (χ4n) is 2.42. The van der Waals surface area contributed by atoms with Crippen LogP contribution in [0.5, 0.6) is 0 Å². The van der Waals surface area contributed by atoms with E-state index in [-0.39, 0.29) is 6.42 Å². The minimum Gasteiger partial charge on any atom is -0.486 e. The Kier molecular flexibility index (Phi) is 16.9. The molecule has 0 aromatic carbocycles. The molecule has 0 aliphatic rings. The van der Waals surface area contributed by atoms with Crippen LogP contribution in [-0.4, -0.2) is 11.7 Å². The van der Waals surface area contributed by atoms with Crippen molar-refractivity contribution in [2.45, 2.75) is 96.8 Å². The van der Waals surface area contributed by atoms with Crippen molar-refractivity contribution >= 4 is 17.3 Å². The van der Waals surface area contributed by atoms with Gasteiger partial charge in [-0.05, 0) is 18.6 Å². The smallest absolute Gasteiger partial charge is 0.173 e. The summed E-state index contributed by atoms with van der Waals surface area (Å²) in [5, 5.41) is 8.88. The zero-order valence-electron chi connectivity index (χ0n) is 13.9. The molecule has 0 aliphatic heterocycles. The second-order valence-electron chi connectivity index (χ2n) is 5.80. The molecule has 21 heavy (non-hydrogen) atoms. The van der Waals surface area contributed by atoms with E-state index in [4.69, 9.17) is 22.2 Å². The highest BCUT2D eigenvalue weighted by Gasteiger charge is 1.97. The molecular weight excluding hydrogens is 278 g/mol. The molecule has 2 nitrogen and oxygen atoms in total. The zero-order valence-corrected chi connectivity index (χ0v) is 14.7. The van der Waals surface area contributed by atoms with Crippen LogP contribution in [0.25, 0.3) is 0 Å². The second kappa shape index (κ2) is 17.4. The number of unbranched alkanes of at least 4 members (excludes halogenated alkanes) is 12. The molecule has 0 saturated carbocycles. The summed E-state index contributed by atoms with van der Waals surface area (Å²) >= 11 is 4.90. The maximum atomic E-state index is 8.43. The molecule has 0 heterocycles. The monoisotopic (exact) mass is 311 g/mol. The molecule has 0 fully saturated rings. The van der Waals surface area contributed by atoms with Crippen LogP contribution >= 0.6 is 12.2 Å². The van der Waals surface area contributed by atoms with Gasteiger partial charge in [-0.25, -0.2) is 0 Å². The first kappa shape index (κ1) is 20.4. The first-order valence-electron chi connectivity index (χ1n) is 8.83. The van der Waals surface area contributed by atoms with Crippen LogP contribution in [0.4, 0.5) is 0 Å². The molecule has 0 N–H and O–H groups in total. The van der Waals surface area contributed by atoms with E-state index in [9.17, 15) is 0 Å². The minimum absolute atomic E-state index is 0.244. The molecule has 0 spiro atoms. The van der Waals surface area contributed by atoms with Crippen LogP contribution in [0, 0.1) is 11.3 Å². The highest BCUT2D eigenvalue weighted by Crippen LogP contribution is 2.12. The number of ether oxygens (including phenoxy) is 1. The number of nitrogens with zero attached hydrogens (tertiary/aromatic N) is 1. The van der Waals surface area contributed by atoms with E-state index in [0.717, 1.165) is 6.42 Å². The fraction of sp³-hybridized carbons (Fsp3) is 0.889. The molecule has 0 amide bonds. The van der Waals surface area contributed by atoms with Gasteiger partial charge < -0.3 is 4.74 Å². The average molecular weight is 312 g/mol. The van der Waals surface area contributed by atoms with Gasteiger partial charge in [-0.3, -0.25) is 0 Å². The Balaban J connectivity index is 3.03. The highest BCUT2D eigenvalue weighted by atomic mass is 32.1. The second-order valence-corrected chi connectivity index (χ2v) is 6.25. The Morgan fingerprint density at radius 2 is 1.24 bits per heavy atom. The third kappa shape index (κ3) is 17.3. The van der Waals surface area contributed by atoms with Crippen LogP contribution in [0.15, 0.2) is 0 Å². The van der Waals surface area contributed by atoms with Gasteiger partial charge >= 0.3 is 0 Å². The van der Waals surface area contributed by atoms with E-state index in [0.29, 0.717) is 11.7 Å². The maximum Gasteiger partial charge on any atom is 0.173 e. The van der Waals surface area contributed by atoms with Crippen LogP contribution in [0.1, 0.15) is 96.8 Å². The van der Waals surface area contributed by atoms with Crippen molar-refractivity contribution in [2.75, 3.05) is 6.61 Å². The average Bonchev–Trinajstić information content (AvgIpc) is 2.48. The van der Waals surface area contributed by atoms with Crippen LogP contribution in [0.3, 0.4) is 0 Å². The molecule has 0 bridgehead atoms. The summed E-state index contributed by atoms with van der Waals surface area (Å²) in [7, 11) is 0. The molecule has 0 unspecified atom stereocenters. The van der Waals surface area contributed by atoms with Gasteiger partial charge in [-0.1, -0.05) is 84.0 Å². The predicted molar refractivity (Wildman–Crippen MR) is 94.5 cm³/mol. The largest absolute Gasteiger partial charge is 0.486 e. The first-order chi connectivity index (χ1) is 10.3. The van der Waals surface area contributed by atoms with Crippen molar-refractivity contribution in [1.82, 2.24) is 0 Å². The molecule has 0 saturated heterocycles. The van der Waals surface area contributed by atoms with Crippen LogP contribution in [0.2, 0.25) is 0 Å². The molecule has 122 valence electrons. The third-order valence-corrected chi connectivity index (χ3v) is 4.00. The van der Waals surface area contributed by atoms with Crippen LogP contribution in [-0.2, 0) is 4.74 Å². The summed E-state index contributed by atoms with van der Waals surface area (Å²) in [5.41, 5.74) is 0. The Bertz CT molecular complexity index is 273. The summed E-state index contributed by atoms with van der Waals surface area (Å²) in [4.78, 5) is 0. The standard InChI is InChI=1S/C18H33NOS/c1-2-3-4-5-6-7-8-9-10-11-12-13-14-17-20-18(21)15-16-19/h2-15,17H2,1H3. The molecule has 0 aromatic rings. The predicted octanol–water partition coefficient (Wildman–Crippen LogP) is 6.34. The summed E-state index contributed by atoms with van der Waals surface area (Å²) in [6.45, 7) is 2.95. The van der Waals surface area contributed by atoms with Gasteiger partial charge in [0.1, 0.15) is 6.42 Å². The summed E-state index contributed by atoms with van der Waals surface area (Å²) in [6, 6.07) is 2.00. The molecule has 0 atom stereocenters. The van der Waals surface area contributed by atoms with E-state index >= 15 is 0 Å². The Morgan fingerprint density at radius 3 is 1.67 bits per heavy atom. The van der Waals surface area contributed by atoms with Crippen molar-refractivity contribution in [1.29, 1.82) is 5.26 Å². The van der Waals surface area contributed by atoms with E-state index < -0.39 is 0 Å². The Labute approximate surface area is 137 Å². The lowest BCUT2D eigenvalue weighted by Crippen LogP contribution is -2.02. The minimum atomic E-state index is 0.244.